The highest BCUT2D eigenvalue weighted by molar-refractivity contribution is 7.99. The van der Waals surface area contributed by atoms with Gasteiger partial charge < -0.3 is 11.1 Å². The fourth-order valence-corrected chi connectivity index (χ4v) is 5.56. The maximum atomic E-state index is 13.2. The number of aromatic nitrogens is 2. The lowest BCUT2D eigenvalue weighted by atomic mass is 9.97. The molecule has 0 aliphatic heterocycles. The number of anilines is 2. The minimum Gasteiger partial charge on any atom is -0.383 e. The van der Waals surface area contributed by atoms with Crippen LogP contribution in [0.4, 0.5) is 24.7 Å². The smallest absolute Gasteiger partial charge is 0.383 e. The number of rotatable bonds is 4. The lowest BCUT2D eigenvalue weighted by Crippen LogP contribution is -2.18. The normalized spacial score (nSPS) is 14.0. The molecule has 0 spiro atoms. The second-order valence-electron chi connectivity index (χ2n) is 6.81. The molecule has 4 rings (SSSR count). The standard InChI is InChI=1S/C19H16ClF3N4OS2/c20-9-5-6-12(11(7-9)19(21,22)23)25-14(28)8-29-18-26-16(24)15-10-3-1-2-4-13(10)30-17(15)27-18/h5-7H,1-4,8H2,(H,25,28)(H2,24,26,27). The van der Waals surface area contributed by atoms with Crippen molar-refractivity contribution in [2.24, 2.45) is 0 Å². The Balaban J connectivity index is 1.49. The Morgan fingerprint density at radius 2 is 2.03 bits per heavy atom. The summed E-state index contributed by atoms with van der Waals surface area (Å²) in [6.45, 7) is 0. The van der Waals surface area contributed by atoms with E-state index in [1.54, 1.807) is 11.3 Å². The van der Waals surface area contributed by atoms with Gasteiger partial charge in [-0.05, 0) is 49.4 Å². The molecular formula is C19H16ClF3N4OS2. The number of thiophene rings is 1. The second-order valence-corrected chi connectivity index (χ2v) is 9.27. The van der Waals surface area contributed by atoms with Gasteiger partial charge in [0.1, 0.15) is 10.6 Å². The van der Waals surface area contributed by atoms with Gasteiger partial charge in [-0.3, -0.25) is 4.79 Å². The summed E-state index contributed by atoms with van der Waals surface area (Å²) < 4.78 is 39.5. The molecule has 3 N–H and O–H groups in total. The summed E-state index contributed by atoms with van der Waals surface area (Å²) in [6, 6.07) is 3.20. The number of carbonyl (C=O) groups is 1. The van der Waals surface area contributed by atoms with Gasteiger partial charge in [-0.1, -0.05) is 23.4 Å². The van der Waals surface area contributed by atoms with E-state index in [1.165, 1.54) is 16.5 Å². The van der Waals surface area contributed by atoms with Crippen LogP contribution in [0.1, 0.15) is 28.8 Å². The average Bonchev–Trinajstić information content (AvgIpc) is 3.06. The molecule has 0 radical (unpaired) electrons. The summed E-state index contributed by atoms with van der Waals surface area (Å²) in [4.78, 5) is 23.1. The van der Waals surface area contributed by atoms with Gasteiger partial charge in [-0.2, -0.15) is 13.2 Å². The summed E-state index contributed by atoms with van der Waals surface area (Å²) in [6.07, 6.45) is -0.426. The van der Waals surface area contributed by atoms with E-state index in [4.69, 9.17) is 17.3 Å². The highest BCUT2D eigenvalue weighted by Gasteiger charge is 2.34. The SMILES string of the molecule is Nc1nc(SCC(=O)Nc2ccc(Cl)cc2C(F)(F)F)nc2sc3c(c12)CCCC3. The van der Waals surface area contributed by atoms with Crippen molar-refractivity contribution < 1.29 is 18.0 Å². The van der Waals surface area contributed by atoms with Crippen LogP contribution in [0.25, 0.3) is 10.2 Å². The first kappa shape index (κ1) is 21.2. The summed E-state index contributed by atoms with van der Waals surface area (Å²) in [7, 11) is 0. The van der Waals surface area contributed by atoms with Crippen LogP contribution in [-0.2, 0) is 23.8 Å². The molecule has 1 aromatic carbocycles. The molecule has 0 saturated heterocycles. The lowest BCUT2D eigenvalue weighted by Gasteiger charge is -2.14. The van der Waals surface area contributed by atoms with Gasteiger partial charge in [0.05, 0.1) is 22.4 Å². The van der Waals surface area contributed by atoms with Crippen molar-refractivity contribution in [3.05, 3.63) is 39.2 Å². The first-order valence-corrected chi connectivity index (χ1v) is 11.3. The van der Waals surface area contributed by atoms with Gasteiger partial charge in [0.2, 0.25) is 5.91 Å². The Morgan fingerprint density at radius 1 is 1.27 bits per heavy atom. The Labute approximate surface area is 183 Å². The van der Waals surface area contributed by atoms with Crippen LogP contribution in [-0.4, -0.2) is 21.6 Å². The first-order chi connectivity index (χ1) is 14.2. The summed E-state index contributed by atoms with van der Waals surface area (Å²) in [5.41, 5.74) is 6.01. The molecule has 1 aliphatic rings. The van der Waals surface area contributed by atoms with E-state index in [-0.39, 0.29) is 16.5 Å². The molecule has 30 heavy (non-hydrogen) atoms. The van der Waals surface area contributed by atoms with Crippen LogP contribution < -0.4 is 11.1 Å². The van der Waals surface area contributed by atoms with E-state index >= 15 is 0 Å². The van der Waals surface area contributed by atoms with E-state index in [0.717, 1.165) is 59.8 Å². The molecule has 0 bridgehead atoms. The third-order valence-corrected chi connectivity index (χ3v) is 6.98. The van der Waals surface area contributed by atoms with Crippen LogP contribution in [0.15, 0.2) is 23.4 Å². The molecule has 0 unspecified atom stereocenters. The largest absolute Gasteiger partial charge is 0.418 e. The molecule has 5 nitrogen and oxygen atoms in total. The van der Waals surface area contributed by atoms with Crippen molar-refractivity contribution in [2.75, 3.05) is 16.8 Å². The summed E-state index contributed by atoms with van der Waals surface area (Å²) >= 11 is 8.27. The zero-order valence-corrected chi connectivity index (χ0v) is 17.9. The van der Waals surface area contributed by atoms with Crippen molar-refractivity contribution in [1.82, 2.24) is 9.97 Å². The number of nitrogens with zero attached hydrogens (tertiary/aromatic N) is 2. The highest BCUT2D eigenvalue weighted by atomic mass is 35.5. The number of fused-ring (bicyclic) bond motifs is 3. The van der Waals surface area contributed by atoms with Gasteiger partial charge in [-0.15, -0.1) is 11.3 Å². The topological polar surface area (TPSA) is 80.9 Å². The fraction of sp³-hybridized carbons (Fsp3) is 0.316. The van der Waals surface area contributed by atoms with Crippen molar-refractivity contribution in [2.45, 2.75) is 37.0 Å². The maximum absolute atomic E-state index is 13.2. The summed E-state index contributed by atoms with van der Waals surface area (Å²) in [5, 5.41) is 3.43. The summed E-state index contributed by atoms with van der Waals surface area (Å²) in [5.74, 6) is -0.393. The van der Waals surface area contributed by atoms with Crippen LogP contribution in [0.3, 0.4) is 0 Å². The molecule has 0 atom stereocenters. The van der Waals surface area contributed by atoms with Gasteiger partial charge >= 0.3 is 6.18 Å². The Morgan fingerprint density at radius 3 is 2.80 bits per heavy atom. The third-order valence-electron chi connectivity index (χ3n) is 4.72. The van der Waals surface area contributed by atoms with Gasteiger partial charge in [-0.25, -0.2) is 9.97 Å². The van der Waals surface area contributed by atoms with E-state index in [0.29, 0.717) is 11.0 Å². The van der Waals surface area contributed by atoms with Crippen LogP contribution in [0, 0.1) is 0 Å². The predicted molar refractivity (Wildman–Crippen MR) is 114 cm³/mol. The number of hydrogen-bond acceptors (Lipinski definition) is 6. The monoisotopic (exact) mass is 472 g/mol. The Kier molecular flexibility index (Phi) is 5.82. The van der Waals surface area contributed by atoms with Crippen LogP contribution >= 0.6 is 34.7 Å². The zero-order valence-electron chi connectivity index (χ0n) is 15.5. The number of halogens is 4. The fourth-order valence-electron chi connectivity index (χ4n) is 3.41. The van der Waals surface area contributed by atoms with Gasteiger partial charge in [0.15, 0.2) is 5.16 Å². The maximum Gasteiger partial charge on any atom is 0.418 e. The molecular weight excluding hydrogens is 457 g/mol. The second kappa shape index (κ2) is 8.24. The Hall–Kier alpha value is -2.04. The first-order valence-electron chi connectivity index (χ1n) is 9.09. The highest BCUT2D eigenvalue weighted by Crippen LogP contribution is 2.39. The van der Waals surface area contributed by atoms with Gasteiger partial charge in [0.25, 0.3) is 0 Å². The Bertz CT molecular complexity index is 1130. The van der Waals surface area contributed by atoms with Gasteiger partial charge in [0, 0.05) is 9.90 Å². The number of nitrogens with two attached hydrogens (primary N) is 1. The minimum atomic E-state index is -4.64. The number of nitrogen functional groups attached to an aromatic ring is 1. The van der Waals surface area contributed by atoms with Crippen molar-refractivity contribution >= 4 is 62.3 Å². The number of amides is 1. The number of alkyl halides is 3. The minimum absolute atomic E-state index is 0.0643. The molecule has 2 heterocycles. The molecule has 0 fully saturated rings. The van der Waals surface area contributed by atoms with E-state index < -0.39 is 17.6 Å². The number of hydrogen-bond donors (Lipinski definition) is 2. The third kappa shape index (κ3) is 4.35. The van der Waals surface area contributed by atoms with E-state index in [1.807, 2.05) is 0 Å². The number of thioether (sulfide) groups is 1. The molecule has 1 aliphatic carbocycles. The molecule has 158 valence electrons. The molecule has 1 amide bonds. The number of nitrogens with one attached hydrogen (secondary N) is 1. The van der Waals surface area contributed by atoms with Crippen molar-refractivity contribution in [3.8, 4) is 0 Å². The van der Waals surface area contributed by atoms with Crippen LogP contribution in [0.2, 0.25) is 5.02 Å². The average molecular weight is 473 g/mol. The molecule has 0 saturated carbocycles. The number of benzene rings is 1. The predicted octanol–water partition coefficient (Wildman–Crippen LogP) is 5.56. The molecule has 11 heteroatoms. The lowest BCUT2D eigenvalue weighted by molar-refractivity contribution is -0.137. The number of carbonyl (C=O) groups excluding carboxylic acids is 1. The molecule has 3 aromatic rings. The van der Waals surface area contributed by atoms with Crippen LogP contribution in [0.5, 0.6) is 0 Å². The quantitative estimate of drug-likeness (QED) is 0.384. The van der Waals surface area contributed by atoms with Crippen molar-refractivity contribution in [3.63, 3.8) is 0 Å². The number of aryl methyl sites for hydroxylation is 2. The molecule has 2 aromatic heterocycles. The van der Waals surface area contributed by atoms with E-state index in [2.05, 4.69) is 15.3 Å². The zero-order chi connectivity index (χ0) is 21.5. The van der Waals surface area contributed by atoms with E-state index in [9.17, 15) is 18.0 Å². The van der Waals surface area contributed by atoms with Crippen molar-refractivity contribution in [1.29, 1.82) is 0 Å².